The van der Waals surface area contributed by atoms with Gasteiger partial charge in [-0.1, -0.05) is 0 Å². The van der Waals surface area contributed by atoms with Crippen LogP contribution in [0, 0.1) is 0 Å². The van der Waals surface area contributed by atoms with E-state index >= 15 is 0 Å². The zero-order valence-electron chi connectivity index (χ0n) is 11.7. The van der Waals surface area contributed by atoms with E-state index < -0.39 is 0 Å². The Bertz CT molecular complexity index is 657. The summed E-state index contributed by atoms with van der Waals surface area (Å²) in [6, 6.07) is 6.04. The normalized spacial score (nSPS) is 18.4. The van der Waals surface area contributed by atoms with Gasteiger partial charge < -0.3 is 15.4 Å². The predicted octanol–water partition coefficient (Wildman–Crippen LogP) is 3.19. The number of fused-ring (bicyclic) bond motifs is 1. The fourth-order valence-electron chi connectivity index (χ4n) is 2.72. The molecule has 0 unspecified atom stereocenters. The highest BCUT2D eigenvalue weighted by Gasteiger charge is 2.32. The molecule has 20 heavy (non-hydrogen) atoms. The second-order valence-electron chi connectivity index (χ2n) is 5.74. The van der Waals surface area contributed by atoms with Crippen LogP contribution in [0.2, 0.25) is 0 Å². The molecule has 2 N–H and O–H groups in total. The molecule has 4 nitrogen and oxygen atoms in total. The van der Waals surface area contributed by atoms with Gasteiger partial charge in [-0.25, -0.2) is 0 Å². The number of hydrogen-bond donors (Lipinski definition) is 1. The molecule has 0 radical (unpaired) electrons. The Hall–Kier alpha value is -1.33. The topological polar surface area (TPSA) is 51.4 Å². The van der Waals surface area contributed by atoms with E-state index in [1.54, 1.807) is 0 Å². The number of nitrogens with two attached hydrogens (primary N) is 1. The average molecular weight is 336 g/mol. The van der Waals surface area contributed by atoms with Crippen LogP contribution in [0.3, 0.4) is 0 Å². The number of rotatable bonds is 1. The minimum absolute atomic E-state index is 0.0456. The van der Waals surface area contributed by atoms with Crippen molar-refractivity contribution >= 4 is 38.2 Å². The fourth-order valence-corrected chi connectivity index (χ4v) is 3.05. The van der Waals surface area contributed by atoms with Crippen molar-refractivity contribution in [3.05, 3.63) is 28.9 Å². The van der Waals surface area contributed by atoms with E-state index in [0.717, 1.165) is 46.5 Å². The van der Waals surface area contributed by atoms with Gasteiger partial charge in [0.15, 0.2) is 0 Å². The second kappa shape index (κ2) is 4.90. The molecule has 1 saturated heterocycles. The lowest BCUT2D eigenvalue weighted by Gasteiger charge is -2.44. The molecule has 2 heterocycles. The van der Waals surface area contributed by atoms with Crippen LogP contribution in [0.1, 0.15) is 13.8 Å². The van der Waals surface area contributed by atoms with Crippen molar-refractivity contribution in [3.8, 4) is 0 Å². The Morgan fingerprint density at radius 3 is 2.95 bits per heavy atom. The van der Waals surface area contributed by atoms with E-state index in [1.807, 2.05) is 18.3 Å². The predicted molar refractivity (Wildman–Crippen MR) is 86.1 cm³/mol. The van der Waals surface area contributed by atoms with E-state index in [-0.39, 0.29) is 5.54 Å². The van der Waals surface area contributed by atoms with Gasteiger partial charge >= 0.3 is 0 Å². The van der Waals surface area contributed by atoms with Gasteiger partial charge in [-0.15, -0.1) is 0 Å². The SMILES string of the molecule is CC1(C)COCCN1c1ccc(N)c2cc(Br)cnc12. The van der Waals surface area contributed by atoms with Crippen LogP contribution < -0.4 is 10.6 Å². The summed E-state index contributed by atoms with van der Waals surface area (Å²) in [5, 5.41) is 0.985. The van der Waals surface area contributed by atoms with E-state index in [2.05, 4.69) is 45.7 Å². The number of pyridine rings is 1. The lowest BCUT2D eigenvalue weighted by atomic mass is 10.00. The first-order valence-corrected chi connectivity index (χ1v) is 7.47. The molecule has 0 amide bonds. The molecular formula is C15H18BrN3O. The van der Waals surface area contributed by atoms with E-state index in [0.29, 0.717) is 0 Å². The van der Waals surface area contributed by atoms with Crippen molar-refractivity contribution in [2.24, 2.45) is 0 Å². The Morgan fingerprint density at radius 2 is 2.20 bits per heavy atom. The van der Waals surface area contributed by atoms with Crippen LogP contribution in [0.25, 0.3) is 10.9 Å². The van der Waals surface area contributed by atoms with Gasteiger partial charge in [0.05, 0.1) is 30.0 Å². The first-order chi connectivity index (χ1) is 9.49. The Morgan fingerprint density at radius 1 is 1.40 bits per heavy atom. The van der Waals surface area contributed by atoms with Crippen LogP contribution in [0.15, 0.2) is 28.9 Å². The first-order valence-electron chi connectivity index (χ1n) is 6.68. The Balaban J connectivity index is 2.19. The molecule has 106 valence electrons. The highest BCUT2D eigenvalue weighted by Crippen LogP contribution is 2.35. The molecule has 3 rings (SSSR count). The summed E-state index contributed by atoms with van der Waals surface area (Å²) >= 11 is 3.46. The van der Waals surface area contributed by atoms with Gasteiger partial charge in [0.1, 0.15) is 0 Å². The van der Waals surface area contributed by atoms with Crippen LogP contribution >= 0.6 is 15.9 Å². The zero-order valence-corrected chi connectivity index (χ0v) is 13.3. The van der Waals surface area contributed by atoms with Gasteiger partial charge in [-0.05, 0) is 48.0 Å². The lowest BCUT2D eigenvalue weighted by molar-refractivity contribution is 0.0645. The number of ether oxygens (including phenoxy) is 1. The molecule has 1 fully saturated rings. The number of hydrogen-bond acceptors (Lipinski definition) is 4. The first kappa shape index (κ1) is 13.6. The van der Waals surface area contributed by atoms with Crippen molar-refractivity contribution in [3.63, 3.8) is 0 Å². The highest BCUT2D eigenvalue weighted by molar-refractivity contribution is 9.10. The Labute approximate surface area is 127 Å². The smallest absolute Gasteiger partial charge is 0.0957 e. The summed E-state index contributed by atoms with van der Waals surface area (Å²) < 4.78 is 6.54. The average Bonchev–Trinajstić information content (AvgIpc) is 2.40. The molecular weight excluding hydrogens is 318 g/mol. The molecule has 1 aromatic heterocycles. The summed E-state index contributed by atoms with van der Waals surface area (Å²) in [6.45, 7) is 6.70. The number of nitrogen functional groups attached to an aromatic ring is 1. The maximum atomic E-state index is 6.09. The zero-order chi connectivity index (χ0) is 14.3. The quantitative estimate of drug-likeness (QED) is 0.813. The third-order valence-corrected chi connectivity index (χ3v) is 4.20. The molecule has 1 aliphatic rings. The summed E-state index contributed by atoms with van der Waals surface area (Å²) in [6.07, 6.45) is 1.82. The molecule has 0 atom stereocenters. The molecule has 2 aromatic rings. The summed E-state index contributed by atoms with van der Waals surface area (Å²) in [4.78, 5) is 6.93. The largest absolute Gasteiger partial charge is 0.398 e. The number of morpholine rings is 1. The number of benzene rings is 1. The monoisotopic (exact) mass is 335 g/mol. The number of halogens is 1. The molecule has 1 aliphatic heterocycles. The third-order valence-electron chi connectivity index (χ3n) is 3.76. The highest BCUT2D eigenvalue weighted by atomic mass is 79.9. The van der Waals surface area contributed by atoms with E-state index in [9.17, 15) is 0 Å². The molecule has 0 aliphatic carbocycles. The van der Waals surface area contributed by atoms with Crippen LogP contribution in [-0.2, 0) is 4.74 Å². The van der Waals surface area contributed by atoms with Gasteiger partial charge in [-0.3, -0.25) is 4.98 Å². The third kappa shape index (κ3) is 2.25. The Kier molecular flexibility index (Phi) is 3.34. The lowest BCUT2D eigenvalue weighted by Crippen LogP contribution is -2.53. The van der Waals surface area contributed by atoms with E-state index in [4.69, 9.17) is 10.5 Å². The fraction of sp³-hybridized carbons (Fsp3) is 0.400. The van der Waals surface area contributed by atoms with Gasteiger partial charge in [0.2, 0.25) is 0 Å². The number of nitrogens with zero attached hydrogens (tertiary/aromatic N) is 2. The molecule has 1 aromatic carbocycles. The van der Waals surface area contributed by atoms with Gasteiger partial charge in [0.25, 0.3) is 0 Å². The van der Waals surface area contributed by atoms with Crippen LogP contribution in [0.4, 0.5) is 11.4 Å². The van der Waals surface area contributed by atoms with Crippen LogP contribution in [-0.4, -0.2) is 30.3 Å². The molecule has 0 saturated carbocycles. The van der Waals surface area contributed by atoms with Crippen molar-refractivity contribution < 1.29 is 4.74 Å². The molecule has 0 spiro atoms. The minimum atomic E-state index is -0.0456. The molecule has 0 bridgehead atoms. The minimum Gasteiger partial charge on any atom is -0.398 e. The van der Waals surface area contributed by atoms with Gasteiger partial charge in [0, 0.05) is 28.3 Å². The van der Waals surface area contributed by atoms with Crippen LogP contribution in [0.5, 0.6) is 0 Å². The number of aromatic nitrogens is 1. The van der Waals surface area contributed by atoms with Gasteiger partial charge in [-0.2, -0.15) is 0 Å². The van der Waals surface area contributed by atoms with Crippen molar-refractivity contribution in [1.82, 2.24) is 4.98 Å². The maximum Gasteiger partial charge on any atom is 0.0957 e. The summed E-state index contributed by atoms with van der Waals surface area (Å²) in [7, 11) is 0. The summed E-state index contributed by atoms with van der Waals surface area (Å²) in [5.74, 6) is 0. The maximum absolute atomic E-state index is 6.09. The van der Waals surface area contributed by atoms with Crippen molar-refractivity contribution in [2.45, 2.75) is 19.4 Å². The van der Waals surface area contributed by atoms with Crippen molar-refractivity contribution in [1.29, 1.82) is 0 Å². The van der Waals surface area contributed by atoms with Crippen molar-refractivity contribution in [2.75, 3.05) is 30.4 Å². The second-order valence-corrected chi connectivity index (χ2v) is 6.66. The van der Waals surface area contributed by atoms with E-state index in [1.165, 1.54) is 0 Å². The standard InChI is InChI=1S/C15H18BrN3O/c1-15(2)9-20-6-5-19(15)13-4-3-12(17)11-7-10(16)8-18-14(11)13/h3-4,7-8H,5-6,9,17H2,1-2H3. The number of anilines is 2. The summed E-state index contributed by atoms with van der Waals surface area (Å²) in [5.41, 5.74) is 8.86. The molecule has 5 heteroatoms.